The van der Waals surface area contributed by atoms with Crippen LogP contribution in [0.3, 0.4) is 0 Å². The summed E-state index contributed by atoms with van der Waals surface area (Å²) in [5.41, 5.74) is 0.533. The highest BCUT2D eigenvalue weighted by molar-refractivity contribution is 6.19. The maximum Gasteiger partial charge on any atom is 0.488 e. The lowest BCUT2D eigenvalue weighted by molar-refractivity contribution is 0.0220. The third-order valence-corrected chi connectivity index (χ3v) is 3.78. The first-order valence-corrected chi connectivity index (χ1v) is 5.22. The lowest BCUT2D eigenvalue weighted by atomic mass is 9.60. The zero-order valence-electron chi connectivity index (χ0n) is 8.75. The summed E-state index contributed by atoms with van der Waals surface area (Å²) >= 11 is 0. The predicted molar refractivity (Wildman–Crippen MR) is 52.3 cm³/mol. The number of rotatable bonds is 2. The molecule has 1 aliphatic carbocycles. The van der Waals surface area contributed by atoms with Crippen LogP contribution in [-0.2, 0) is 9.31 Å². The highest BCUT2D eigenvalue weighted by Crippen LogP contribution is 2.48. The van der Waals surface area contributed by atoms with E-state index in [1.165, 1.54) is 20.5 Å². The van der Waals surface area contributed by atoms with Crippen LogP contribution in [-0.4, -0.2) is 19.9 Å². The normalized spacial score (nSPS) is 42.5. The van der Waals surface area contributed by atoms with E-state index in [0.29, 0.717) is 11.5 Å². The second-order valence-corrected chi connectivity index (χ2v) is 5.07. The average molecular weight is 181 g/mol. The van der Waals surface area contributed by atoms with Gasteiger partial charge in [-0.1, -0.05) is 13.8 Å². The van der Waals surface area contributed by atoms with Gasteiger partial charge in [0.1, 0.15) is 0 Å². The molecular formula is C10H18BO2. The summed E-state index contributed by atoms with van der Waals surface area (Å²) in [6, 6.07) is 0. The third-order valence-electron chi connectivity index (χ3n) is 3.78. The fourth-order valence-electron chi connectivity index (χ4n) is 2.28. The van der Waals surface area contributed by atoms with E-state index in [2.05, 4.69) is 20.8 Å². The zero-order valence-corrected chi connectivity index (χ0v) is 8.75. The Morgan fingerprint density at radius 1 is 1.38 bits per heavy atom. The van der Waals surface area contributed by atoms with Gasteiger partial charge >= 0.3 is 7.69 Å². The van der Waals surface area contributed by atoms with Gasteiger partial charge in [-0.3, -0.25) is 0 Å². The fraction of sp³-hybridized carbons (Fsp3) is 1.00. The number of hydrogen-bond acceptors (Lipinski definition) is 2. The first-order valence-electron chi connectivity index (χ1n) is 5.22. The van der Waals surface area contributed by atoms with Crippen molar-refractivity contribution in [2.75, 3.05) is 0 Å². The molecule has 0 N–H and O–H groups in total. The van der Waals surface area contributed by atoms with Crippen LogP contribution in [0.1, 0.15) is 40.0 Å². The van der Waals surface area contributed by atoms with Gasteiger partial charge < -0.3 is 9.31 Å². The minimum Gasteiger partial charge on any atom is -0.408 e. The minimum absolute atomic E-state index is 0.247. The molecule has 2 nitrogen and oxygen atoms in total. The zero-order chi connectivity index (χ0) is 9.47. The predicted octanol–water partition coefficient (Wildman–Crippen LogP) is 2.15. The summed E-state index contributed by atoms with van der Waals surface area (Å²) in [7, 11) is 1.50. The van der Waals surface area contributed by atoms with Gasteiger partial charge in [0.25, 0.3) is 0 Å². The van der Waals surface area contributed by atoms with Gasteiger partial charge in [-0.2, -0.15) is 0 Å². The molecule has 0 aromatic heterocycles. The second kappa shape index (κ2) is 3.28. The Hall–Kier alpha value is -0.0151. The molecule has 0 aromatic rings. The van der Waals surface area contributed by atoms with Crippen molar-refractivity contribution in [3.8, 4) is 0 Å². The SMILES string of the molecule is CC1O[B]OC1CC1CCC1(C)C. The molecule has 1 aliphatic heterocycles. The smallest absolute Gasteiger partial charge is 0.408 e. The molecule has 0 spiro atoms. The molecule has 13 heavy (non-hydrogen) atoms. The van der Waals surface area contributed by atoms with E-state index in [0.717, 1.165) is 12.3 Å². The van der Waals surface area contributed by atoms with Crippen LogP contribution in [0.4, 0.5) is 0 Å². The average Bonchev–Trinajstić information content (AvgIpc) is 2.45. The molecule has 2 aliphatic rings. The van der Waals surface area contributed by atoms with Crippen LogP contribution in [0, 0.1) is 11.3 Å². The van der Waals surface area contributed by atoms with Gasteiger partial charge in [0, 0.05) is 0 Å². The molecule has 1 radical (unpaired) electrons. The van der Waals surface area contributed by atoms with Crippen LogP contribution in [0.25, 0.3) is 0 Å². The highest BCUT2D eigenvalue weighted by Gasteiger charge is 2.41. The molecule has 2 fully saturated rings. The first kappa shape index (κ1) is 9.54. The van der Waals surface area contributed by atoms with E-state index in [4.69, 9.17) is 9.31 Å². The third kappa shape index (κ3) is 1.77. The van der Waals surface area contributed by atoms with E-state index in [1.807, 2.05) is 0 Å². The maximum atomic E-state index is 5.42. The van der Waals surface area contributed by atoms with Crippen molar-refractivity contribution in [1.29, 1.82) is 0 Å². The van der Waals surface area contributed by atoms with E-state index in [1.54, 1.807) is 0 Å². The maximum absolute atomic E-state index is 5.42. The monoisotopic (exact) mass is 181 g/mol. The van der Waals surface area contributed by atoms with Crippen molar-refractivity contribution in [3.63, 3.8) is 0 Å². The summed E-state index contributed by atoms with van der Waals surface area (Å²) in [4.78, 5) is 0. The van der Waals surface area contributed by atoms with E-state index >= 15 is 0 Å². The van der Waals surface area contributed by atoms with Gasteiger partial charge in [0.15, 0.2) is 0 Å². The largest absolute Gasteiger partial charge is 0.488 e. The van der Waals surface area contributed by atoms with E-state index in [-0.39, 0.29) is 6.10 Å². The molecule has 3 unspecified atom stereocenters. The van der Waals surface area contributed by atoms with Gasteiger partial charge in [0.05, 0.1) is 12.2 Å². The molecular weight excluding hydrogens is 163 g/mol. The molecule has 3 atom stereocenters. The summed E-state index contributed by atoms with van der Waals surface area (Å²) in [5.74, 6) is 0.829. The molecule has 73 valence electrons. The Balaban J connectivity index is 1.84. The molecule has 0 aromatic carbocycles. The summed E-state index contributed by atoms with van der Waals surface area (Å²) < 4.78 is 10.7. The Bertz CT molecular complexity index is 193. The quantitative estimate of drug-likeness (QED) is 0.607. The first-order chi connectivity index (χ1) is 6.09. The van der Waals surface area contributed by atoms with Crippen LogP contribution in [0.5, 0.6) is 0 Å². The Kier molecular flexibility index (Phi) is 2.41. The molecule has 1 heterocycles. The van der Waals surface area contributed by atoms with Gasteiger partial charge in [-0.05, 0) is 37.5 Å². The lowest BCUT2D eigenvalue weighted by Gasteiger charge is -2.46. The lowest BCUT2D eigenvalue weighted by Crippen LogP contribution is -2.38. The summed E-state index contributed by atoms with van der Waals surface area (Å²) in [5, 5.41) is 0. The highest BCUT2D eigenvalue weighted by atomic mass is 16.6. The molecule has 2 rings (SSSR count). The minimum atomic E-state index is 0.247. The molecule has 1 saturated carbocycles. The van der Waals surface area contributed by atoms with Crippen molar-refractivity contribution < 1.29 is 9.31 Å². The van der Waals surface area contributed by atoms with Gasteiger partial charge in [-0.25, -0.2) is 0 Å². The Morgan fingerprint density at radius 2 is 2.15 bits per heavy atom. The standard InChI is InChI=1S/C10H18BO2/c1-7-9(13-11-12-7)6-8-4-5-10(8,2)3/h7-9H,4-6H2,1-3H3. The Morgan fingerprint density at radius 3 is 2.54 bits per heavy atom. The van der Waals surface area contributed by atoms with Crippen LogP contribution >= 0.6 is 0 Å². The van der Waals surface area contributed by atoms with Crippen molar-refractivity contribution in [2.45, 2.75) is 52.2 Å². The van der Waals surface area contributed by atoms with Crippen LogP contribution < -0.4 is 0 Å². The summed E-state index contributed by atoms with van der Waals surface area (Å²) in [6.45, 7) is 6.79. The van der Waals surface area contributed by atoms with Crippen molar-refractivity contribution in [2.24, 2.45) is 11.3 Å². The number of hydrogen-bond donors (Lipinski definition) is 0. The topological polar surface area (TPSA) is 18.5 Å². The van der Waals surface area contributed by atoms with E-state index in [9.17, 15) is 0 Å². The van der Waals surface area contributed by atoms with Crippen LogP contribution in [0.2, 0.25) is 0 Å². The summed E-state index contributed by atoms with van der Waals surface area (Å²) in [6.07, 6.45) is 4.43. The van der Waals surface area contributed by atoms with Crippen molar-refractivity contribution in [3.05, 3.63) is 0 Å². The van der Waals surface area contributed by atoms with E-state index < -0.39 is 0 Å². The van der Waals surface area contributed by atoms with Gasteiger partial charge in [-0.15, -0.1) is 0 Å². The Labute approximate surface area is 81.3 Å². The second-order valence-electron chi connectivity index (χ2n) is 5.07. The van der Waals surface area contributed by atoms with Crippen molar-refractivity contribution in [1.82, 2.24) is 0 Å². The molecule has 0 amide bonds. The van der Waals surface area contributed by atoms with Crippen molar-refractivity contribution >= 4 is 7.69 Å². The van der Waals surface area contributed by atoms with Crippen LogP contribution in [0.15, 0.2) is 0 Å². The fourth-order valence-corrected chi connectivity index (χ4v) is 2.28. The molecule has 3 heteroatoms. The molecule has 0 bridgehead atoms. The molecule has 1 saturated heterocycles. The van der Waals surface area contributed by atoms with Gasteiger partial charge in [0.2, 0.25) is 0 Å².